The quantitative estimate of drug-likeness (QED) is 0.526. The van der Waals surface area contributed by atoms with Crippen LogP contribution in [0.15, 0.2) is 36.5 Å². The third kappa shape index (κ3) is 3.89. The number of nitrogens with zero attached hydrogens (tertiary/aromatic N) is 3. The van der Waals surface area contributed by atoms with Gasteiger partial charge in [0.15, 0.2) is 0 Å². The summed E-state index contributed by atoms with van der Waals surface area (Å²) in [5, 5.41) is 22.8. The molecule has 116 valence electrons. The Hall–Kier alpha value is -2.74. The lowest BCUT2D eigenvalue weighted by Crippen LogP contribution is -2.14. The number of aromatic nitrogens is 2. The highest BCUT2D eigenvalue weighted by Gasteiger charge is 2.17. The van der Waals surface area contributed by atoms with Crippen molar-refractivity contribution in [2.75, 3.05) is 17.7 Å². The number of anilines is 2. The third-order valence-corrected chi connectivity index (χ3v) is 3.15. The van der Waals surface area contributed by atoms with Crippen LogP contribution >= 0.6 is 0 Å². The zero-order chi connectivity index (χ0) is 15.9. The summed E-state index contributed by atoms with van der Waals surface area (Å²) >= 11 is 0. The molecule has 0 fully saturated rings. The van der Waals surface area contributed by atoms with E-state index in [9.17, 15) is 10.1 Å². The van der Waals surface area contributed by atoms with Gasteiger partial charge < -0.3 is 16.2 Å². The number of benzene rings is 1. The second-order valence-electron chi connectivity index (χ2n) is 4.69. The van der Waals surface area contributed by atoms with Crippen LogP contribution in [0.25, 0.3) is 0 Å². The summed E-state index contributed by atoms with van der Waals surface area (Å²) < 4.78 is 0. The second kappa shape index (κ2) is 7.32. The first-order chi connectivity index (χ1) is 10.6. The highest BCUT2D eigenvalue weighted by atomic mass is 16.6. The zero-order valence-electron chi connectivity index (χ0n) is 11.8. The van der Waals surface area contributed by atoms with Gasteiger partial charge in [-0.1, -0.05) is 30.3 Å². The van der Waals surface area contributed by atoms with E-state index in [-0.39, 0.29) is 30.1 Å². The first-order valence-electron chi connectivity index (χ1n) is 6.81. The minimum Gasteiger partial charge on any atom is -0.396 e. The molecule has 1 unspecified atom stereocenters. The van der Waals surface area contributed by atoms with Crippen LogP contribution < -0.4 is 11.1 Å². The summed E-state index contributed by atoms with van der Waals surface area (Å²) in [7, 11) is 0. The average Bonchev–Trinajstić information content (AvgIpc) is 2.52. The maximum absolute atomic E-state index is 10.7. The number of nitrogen functional groups attached to an aromatic ring is 1. The van der Waals surface area contributed by atoms with Gasteiger partial charge in [-0.2, -0.15) is 4.98 Å². The van der Waals surface area contributed by atoms with Gasteiger partial charge in [-0.15, -0.1) is 0 Å². The smallest absolute Gasteiger partial charge is 0.329 e. The highest BCUT2D eigenvalue weighted by molar-refractivity contribution is 5.53. The molecule has 0 aliphatic heterocycles. The molecule has 1 aromatic carbocycles. The fourth-order valence-electron chi connectivity index (χ4n) is 2.06. The van der Waals surface area contributed by atoms with Crippen molar-refractivity contribution < 1.29 is 10.0 Å². The normalized spacial score (nSPS) is 11.9. The van der Waals surface area contributed by atoms with Crippen LogP contribution in [0.3, 0.4) is 0 Å². The van der Waals surface area contributed by atoms with Crippen LogP contribution in [0, 0.1) is 10.1 Å². The number of aliphatic hydroxyl groups is 1. The lowest BCUT2D eigenvalue weighted by atomic mass is 10.0. The van der Waals surface area contributed by atoms with E-state index in [1.165, 1.54) is 0 Å². The largest absolute Gasteiger partial charge is 0.396 e. The Bertz CT molecular complexity index is 636. The standard InChI is InChI=1S/C14H17N5O3/c15-13-12(19(21)22)9-16-14(18-13)17-11(7-4-8-20)10-5-2-1-3-6-10/h1-3,5-6,9,11,20H,4,7-8H2,(H3,15,16,17,18). The molecule has 1 heterocycles. The molecule has 22 heavy (non-hydrogen) atoms. The van der Waals surface area contributed by atoms with E-state index < -0.39 is 4.92 Å². The van der Waals surface area contributed by atoms with E-state index in [0.717, 1.165) is 11.8 Å². The number of hydrogen-bond acceptors (Lipinski definition) is 7. The second-order valence-corrected chi connectivity index (χ2v) is 4.69. The van der Waals surface area contributed by atoms with Crippen LogP contribution in [-0.4, -0.2) is 26.6 Å². The lowest BCUT2D eigenvalue weighted by molar-refractivity contribution is -0.384. The summed E-state index contributed by atoms with van der Waals surface area (Å²) in [5.74, 6) is 0.0337. The lowest BCUT2D eigenvalue weighted by Gasteiger charge is -2.18. The number of nitrogens with two attached hydrogens (primary N) is 1. The molecular weight excluding hydrogens is 286 g/mol. The molecule has 0 radical (unpaired) electrons. The van der Waals surface area contributed by atoms with Gasteiger partial charge in [-0.05, 0) is 18.4 Å². The van der Waals surface area contributed by atoms with Crippen LogP contribution in [0.5, 0.6) is 0 Å². The van der Waals surface area contributed by atoms with Gasteiger partial charge in [0.25, 0.3) is 0 Å². The maximum atomic E-state index is 10.7. The number of hydrogen-bond donors (Lipinski definition) is 3. The molecule has 0 saturated heterocycles. The van der Waals surface area contributed by atoms with E-state index in [2.05, 4.69) is 15.3 Å². The van der Waals surface area contributed by atoms with Crippen molar-refractivity contribution in [2.24, 2.45) is 0 Å². The van der Waals surface area contributed by atoms with Crippen LogP contribution in [-0.2, 0) is 0 Å². The van der Waals surface area contributed by atoms with E-state index in [0.29, 0.717) is 12.8 Å². The van der Waals surface area contributed by atoms with Crippen molar-refractivity contribution >= 4 is 17.5 Å². The predicted molar refractivity (Wildman–Crippen MR) is 82.2 cm³/mol. The summed E-state index contributed by atoms with van der Waals surface area (Å²) in [6, 6.07) is 9.51. The first kappa shape index (κ1) is 15.6. The molecule has 0 bridgehead atoms. The first-order valence-corrected chi connectivity index (χ1v) is 6.81. The van der Waals surface area contributed by atoms with E-state index in [1.54, 1.807) is 0 Å². The van der Waals surface area contributed by atoms with Gasteiger partial charge in [-0.25, -0.2) is 4.98 Å². The van der Waals surface area contributed by atoms with Crippen LogP contribution in [0.4, 0.5) is 17.5 Å². The minimum absolute atomic E-state index is 0.0776. The summed E-state index contributed by atoms with van der Waals surface area (Å²) in [4.78, 5) is 17.9. The topological polar surface area (TPSA) is 127 Å². The monoisotopic (exact) mass is 303 g/mol. The van der Waals surface area contributed by atoms with Crippen LogP contribution in [0.2, 0.25) is 0 Å². The van der Waals surface area contributed by atoms with E-state index in [1.807, 2.05) is 30.3 Å². The maximum Gasteiger partial charge on any atom is 0.329 e. The molecule has 1 aromatic heterocycles. The molecule has 8 heteroatoms. The SMILES string of the molecule is Nc1nc(NC(CCCO)c2ccccc2)ncc1[N+](=O)[O-]. The fraction of sp³-hybridized carbons (Fsp3) is 0.286. The molecule has 0 aliphatic rings. The van der Waals surface area contributed by atoms with Gasteiger partial charge in [-0.3, -0.25) is 10.1 Å². The average molecular weight is 303 g/mol. The van der Waals surface area contributed by atoms with Crippen molar-refractivity contribution in [1.82, 2.24) is 9.97 Å². The Balaban J connectivity index is 2.20. The number of nitrogens with one attached hydrogen (secondary N) is 1. The van der Waals surface area contributed by atoms with Crippen LogP contribution in [0.1, 0.15) is 24.4 Å². The van der Waals surface area contributed by atoms with Gasteiger partial charge in [0.05, 0.1) is 11.0 Å². The fourth-order valence-corrected chi connectivity index (χ4v) is 2.06. The summed E-state index contributed by atoms with van der Waals surface area (Å²) in [5.41, 5.74) is 6.25. The summed E-state index contributed by atoms with van der Waals surface area (Å²) in [6.07, 6.45) is 2.36. The van der Waals surface area contributed by atoms with Crippen molar-refractivity contribution in [2.45, 2.75) is 18.9 Å². The van der Waals surface area contributed by atoms with Gasteiger partial charge in [0.1, 0.15) is 6.20 Å². The Morgan fingerprint density at radius 1 is 1.36 bits per heavy atom. The molecule has 4 N–H and O–H groups in total. The molecule has 2 aromatic rings. The van der Waals surface area contributed by atoms with Crippen molar-refractivity contribution in [3.05, 3.63) is 52.2 Å². The molecule has 8 nitrogen and oxygen atoms in total. The van der Waals surface area contributed by atoms with Crippen molar-refractivity contribution in [3.8, 4) is 0 Å². The molecule has 0 amide bonds. The molecule has 0 spiro atoms. The Morgan fingerprint density at radius 3 is 2.68 bits per heavy atom. The highest BCUT2D eigenvalue weighted by Crippen LogP contribution is 2.24. The molecule has 2 rings (SSSR count). The van der Waals surface area contributed by atoms with Gasteiger partial charge in [0.2, 0.25) is 11.8 Å². The predicted octanol–water partition coefficient (Wildman–Crippen LogP) is 1.89. The van der Waals surface area contributed by atoms with Gasteiger partial charge in [0, 0.05) is 6.61 Å². The Morgan fingerprint density at radius 2 is 2.09 bits per heavy atom. The minimum atomic E-state index is -0.625. The molecular formula is C14H17N5O3. The Labute approximate surface area is 127 Å². The molecule has 0 saturated carbocycles. The number of rotatable bonds is 7. The summed E-state index contributed by atoms with van der Waals surface area (Å²) in [6.45, 7) is 0.0776. The third-order valence-electron chi connectivity index (χ3n) is 3.15. The zero-order valence-corrected chi connectivity index (χ0v) is 11.8. The Kier molecular flexibility index (Phi) is 5.21. The number of aliphatic hydroxyl groups excluding tert-OH is 1. The van der Waals surface area contributed by atoms with E-state index >= 15 is 0 Å². The number of nitro groups is 1. The molecule has 1 atom stereocenters. The molecule has 0 aliphatic carbocycles. The van der Waals surface area contributed by atoms with Crippen molar-refractivity contribution in [1.29, 1.82) is 0 Å². The van der Waals surface area contributed by atoms with Crippen molar-refractivity contribution in [3.63, 3.8) is 0 Å². The van der Waals surface area contributed by atoms with E-state index in [4.69, 9.17) is 10.8 Å². The van der Waals surface area contributed by atoms with Gasteiger partial charge >= 0.3 is 5.69 Å².